The molecule has 1 N–H and O–H groups in total. The lowest BCUT2D eigenvalue weighted by Gasteiger charge is -2.32. The number of nitrogens with zero attached hydrogens (tertiary/aromatic N) is 6. The van der Waals surface area contributed by atoms with E-state index >= 15 is 0 Å². The van der Waals surface area contributed by atoms with Crippen LogP contribution in [0.15, 0.2) is 24.3 Å². The third kappa shape index (κ3) is 3.89. The van der Waals surface area contributed by atoms with Crippen molar-refractivity contribution in [2.75, 3.05) is 23.3 Å². The molecule has 3 aromatic heterocycles. The van der Waals surface area contributed by atoms with Gasteiger partial charge in [0.15, 0.2) is 11.6 Å². The van der Waals surface area contributed by atoms with Crippen LogP contribution in [0.5, 0.6) is 0 Å². The van der Waals surface area contributed by atoms with Crippen LogP contribution in [0.25, 0.3) is 5.82 Å². The van der Waals surface area contributed by atoms with E-state index in [4.69, 9.17) is 0 Å². The van der Waals surface area contributed by atoms with E-state index in [0.717, 1.165) is 47.3 Å². The average molecular weight is 398 g/mol. The Morgan fingerprint density at radius 3 is 2.57 bits per heavy atom. The molecule has 0 spiro atoms. The Morgan fingerprint density at radius 1 is 1.14 bits per heavy atom. The van der Waals surface area contributed by atoms with Crippen molar-refractivity contribution >= 4 is 28.3 Å². The number of carbonyl (C=O) groups is 1. The van der Waals surface area contributed by atoms with Gasteiger partial charge in [-0.1, -0.05) is 0 Å². The van der Waals surface area contributed by atoms with Crippen molar-refractivity contribution < 1.29 is 4.79 Å². The molecule has 1 saturated heterocycles. The summed E-state index contributed by atoms with van der Waals surface area (Å²) in [5, 5.41) is 17.0. The van der Waals surface area contributed by atoms with Gasteiger partial charge < -0.3 is 10.2 Å². The van der Waals surface area contributed by atoms with Crippen LogP contribution in [-0.2, 0) is 4.79 Å². The van der Waals surface area contributed by atoms with E-state index in [9.17, 15) is 4.79 Å². The van der Waals surface area contributed by atoms with Crippen molar-refractivity contribution in [2.45, 2.75) is 33.6 Å². The third-order valence-corrected chi connectivity index (χ3v) is 5.65. The summed E-state index contributed by atoms with van der Waals surface area (Å²) in [6.45, 7) is 7.38. The van der Waals surface area contributed by atoms with Crippen LogP contribution in [0.2, 0.25) is 0 Å². The molecule has 4 heterocycles. The van der Waals surface area contributed by atoms with Crippen LogP contribution in [0.3, 0.4) is 0 Å². The second-order valence-corrected chi connectivity index (χ2v) is 8.00. The number of amides is 1. The van der Waals surface area contributed by atoms with Crippen LogP contribution < -0.4 is 10.2 Å². The minimum Gasteiger partial charge on any atom is -0.354 e. The number of aryl methyl sites for hydroxylation is 3. The van der Waals surface area contributed by atoms with Crippen molar-refractivity contribution in [3.63, 3.8) is 0 Å². The van der Waals surface area contributed by atoms with Gasteiger partial charge in [0.05, 0.1) is 17.3 Å². The molecule has 0 aliphatic carbocycles. The Morgan fingerprint density at radius 2 is 1.93 bits per heavy atom. The number of carbonyl (C=O) groups excluding carboxylic acids is 1. The molecule has 4 rings (SSSR count). The van der Waals surface area contributed by atoms with E-state index in [-0.39, 0.29) is 11.8 Å². The number of nitrogens with one attached hydrogen (secondary N) is 1. The SMILES string of the molecule is Cc1cc(NC(=O)C2CCCN(c3ccc(-n4nc(C)cc4C)nn3)C2)sn1. The molecule has 28 heavy (non-hydrogen) atoms. The van der Waals surface area contributed by atoms with Gasteiger partial charge in [-0.25, -0.2) is 4.68 Å². The fourth-order valence-electron chi connectivity index (χ4n) is 3.51. The number of piperidine rings is 1. The van der Waals surface area contributed by atoms with Gasteiger partial charge in [0, 0.05) is 18.8 Å². The number of aromatic nitrogens is 5. The van der Waals surface area contributed by atoms with Gasteiger partial charge in [-0.05, 0) is 69.4 Å². The summed E-state index contributed by atoms with van der Waals surface area (Å²) in [6.07, 6.45) is 1.82. The minimum absolute atomic E-state index is 0.0422. The van der Waals surface area contributed by atoms with Gasteiger partial charge in [0.1, 0.15) is 5.00 Å². The second-order valence-electron chi connectivity index (χ2n) is 7.20. The zero-order chi connectivity index (χ0) is 19.7. The maximum atomic E-state index is 12.6. The van der Waals surface area contributed by atoms with Gasteiger partial charge >= 0.3 is 0 Å². The van der Waals surface area contributed by atoms with Crippen molar-refractivity contribution in [2.24, 2.45) is 5.92 Å². The molecule has 9 heteroatoms. The van der Waals surface area contributed by atoms with Crippen LogP contribution in [0, 0.1) is 26.7 Å². The predicted molar refractivity (Wildman–Crippen MR) is 109 cm³/mol. The first-order chi connectivity index (χ1) is 13.5. The normalized spacial score (nSPS) is 17.0. The predicted octanol–water partition coefficient (Wildman–Crippen LogP) is 2.90. The van der Waals surface area contributed by atoms with E-state index in [1.165, 1.54) is 11.5 Å². The smallest absolute Gasteiger partial charge is 0.229 e. The van der Waals surface area contributed by atoms with Gasteiger partial charge in [-0.2, -0.15) is 9.47 Å². The highest BCUT2D eigenvalue weighted by atomic mass is 32.1. The number of rotatable bonds is 4. The molecule has 1 aliphatic rings. The van der Waals surface area contributed by atoms with Crippen molar-refractivity contribution in [1.29, 1.82) is 0 Å². The van der Waals surface area contributed by atoms with E-state index in [1.807, 2.05) is 45.0 Å². The molecule has 1 amide bonds. The van der Waals surface area contributed by atoms with Crippen LogP contribution in [0.4, 0.5) is 10.8 Å². The molecular formula is C19H23N7OS. The summed E-state index contributed by atoms with van der Waals surface area (Å²) in [6, 6.07) is 7.78. The van der Waals surface area contributed by atoms with Crippen molar-refractivity contribution in [3.05, 3.63) is 41.3 Å². The monoisotopic (exact) mass is 397 g/mol. The summed E-state index contributed by atoms with van der Waals surface area (Å²) in [5.74, 6) is 1.45. The number of anilines is 2. The van der Waals surface area contributed by atoms with E-state index < -0.39 is 0 Å². The Kier molecular flexibility index (Phi) is 5.08. The number of hydrogen-bond donors (Lipinski definition) is 1. The fourth-order valence-corrected chi connectivity index (χ4v) is 4.17. The Labute approximate surface area is 167 Å². The largest absolute Gasteiger partial charge is 0.354 e. The van der Waals surface area contributed by atoms with Gasteiger partial charge in [-0.3, -0.25) is 4.79 Å². The van der Waals surface area contributed by atoms with E-state index in [1.54, 1.807) is 4.68 Å². The molecule has 0 bridgehead atoms. The lowest BCUT2D eigenvalue weighted by molar-refractivity contribution is -0.120. The lowest BCUT2D eigenvalue weighted by Crippen LogP contribution is -2.41. The average Bonchev–Trinajstić information content (AvgIpc) is 3.26. The summed E-state index contributed by atoms with van der Waals surface area (Å²) in [7, 11) is 0. The molecule has 1 atom stereocenters. The maximum absolute atomic E-state index is 12.6. The van der Waals surface area contributed by atoms with Crippen LogP contribution >= 0.6 is 11.5 Å². The molecule has 1 fully saturated rings. The zero-order valence-corrected chi connectivity index (χ0v) is 17.0. The third-order valence-electron chi connectivity index (χ3n) is 4.85. The zero-order valence-electron chi connectivity index (χ0n) is 16.2. The summed E-state index contributed by atoms with van der Waals surface area (Å²) in [4.78, 5) is 14.8. The highest BCUT2D eigenvalue weighted by Gasteiger charge is 2.27. The van der Waals surface area contributed by atoms with Gasteiger partial charge in [0.2, 0.25) is 5.91 Å². The fraction of sp³-hybridized carbons (Fsp3) is 0.421. The standard InChI is InChI=1S/C19H23N7OS/c1-12-9-14(3)26(23-12)17-7-6-16(21-22-17)25-8-4-5-15(11-25)19(27)20-18-10-13(2)24-28-18/h6-7,9-10,15H,4-5,8,11H2,1-3H3,(H,20,27). The summed E-state index contributed by atoms with van der Waals surface area (Å²) in [5.41, 5.74) is 2.89. The number of hydrogen-bond acceptors (Lipinski definition) is 7. The molecule has 8 nitrogen and oxygen atoms in total. The molecular weight excluding hydrogens is 374 g/mol. The molecule has 0 aromatic carbocycles. The topological polar surface area (TPSA) is 88.8 Å². The molecule has 0 saturated carbocycles. The second kappa shape index (κ2) is 7.67. The molecule has 3 aromatic rings. The molecule has 0 radical (unpaired) electrons. The quantitative estimate of drug-likeness (QED) is 0.728. The van der Waals surface area contributed by atoms with Crippen LogP contribution in [-0.4, -0.2) is 43.3 Å². The lowest BCUT2D eigenvalue weighted by atomic mass is 9.97. The highest BCUT2D eigenvalue weighted by Crippen LogP contribution is 2.24. The first kappa shape index (κ1) is 18.5. The molecule has 1 unspecified atom stereocenters. The Hall–Kier alpha value is -2.81. The summed E-state index contributed by atoms with van der Waals surface area (Å²) >= 11 is 1.32. The maximum Gasteiger partial charge on any atom is 0.229 e. The Bertz CT molecular complexity index is 979. The van der Waals surface area contributed by atoms with Gasteiger partial charge in [0.25, 0.3) is 0 Å². The molecule has 146 valence electrons. The van der Waals surface area contributed by atoms with E-state index in [2.05, 4.69) is 29.9 Å². The minimum atomic E-state index is -0.0753. The van der Waals surface area contributed by atoms with Crippen LogP contribution in [0.1, 0.15) is 29.9 Å². The first-order valence-electron chi connectivity index (χ1n) is 9.36. The Balaban J connectivity index is 1.44. The van der Waals surface area contributed by atoms with Gasteiger partial charge in [-0.15, -0.1) is 10.2 Å². The molecule has 1 aliphatic heterocycles. The first-order valence-corrected chi connectivity index (χ1v) is 10.1. The van der Waals surface area contributed by atoms with E-state index in [0.29, 0.717) is 12.4 Å². The van der Waals surface area contributed by atoms with Crippen molar-refractivity contribution in [1.82, 2.24) is 24.4 Å². The highest BCUT2D eigenvalue weighted by molar-refractivity contribution is 7.10. The van der Waals surface area contributed by atoms with Crippen molar-refractivity contribution in [3.8, 4) is 5.82 Å². The summed E-state index contributed by atoms with van der Waals surface area (Å²) < 4.78 is 6.00.